The molecule has 3 atom stereocenters. The summed E-state index contributed by atoms with van der Waals surface area (Å²) >= 11 is 6.36. The molecule has 1 aliphatic rings. The summed E-state index contributed by atoms with van der Waals surface area (Å²) in [5, 5.41) is 10.6. The molecule has 1 N–H and O–H groups in total. The minimum Gasteiger partial charge on any atom is -0.494 e. The van der Waals surface area contributed by atoms with Gasteiger partial charge in [0, 0.05) is 11.4 Å². The van der Waals surface area contributed by atoms with Gasteiger partial charge in [0.15, 0.2) is 5.78 Å². The monoisotopic (exact) mass is 374 g/mol. The number of aliphatic hydroxyl groups excluding tert-OH is 1. The van der Waals surface area contributed by atoms with Crippen LogP contribution in [-0.2, 0) is 16.0 Å². The summed E-state index contributed by atoms with van der Waals surface area (Å²) in [6.45, 7) is 4.44. The normalized spacial score (nSPS) is 23.1. The second-order valence-corrected chi connectivity index (χ2v) is 6.99. The summed E-state index contributed by atoms with van der Waals surface area (Å²) < 4.78 is 11.2. The molecular formula is C21H23ClO4. The van der Waals surface area contributed by atoms with E-state index < -0.39 is 12.2 Å². The van der Waals surface area contributed by atoms with Crippen LogP contribution in [0.5, 0.6) is 5.75 Å². The molecule has 0 saturated carbocycles. The number of ketones is 1. The summed E-state index contributed by atoms with van der Waals surface area (Å²) in [7, 11) is 0. The highest BCUT2D eigenvalue weighted by molar-refractivity contribution is 6.31. The molecule has 4 nitrogen and oxygen atoms in total. The Morgan fingerprint density at radius 3 is 2.65 bits per heavy atom. The predicted octanol–water partition coefficient (Wildman–Crippen LogP) is 4.11. The molecule has 0 bridgehead atoms. The number of carbonyl (C=O) groups excluding carboxylic acids is 1. The largest absolute Gasteiger partial charge is 0.494 e. The zero-order valence-electron chi connectivity index (χ0n) is 14.9. The molecule has 0 amide bonds. The Bertz CT molecular complexity index is 772. The van der Waals surface area contributed by atoms with E-state index in [1.54, 1.807) is 12.1 Å². The van der Waals surface area contributed by atoms with E-state index in [4.69, 9.17) is 21.1 Å². The Morgan fingerprint density at radius 1 is 1.23 bits per heavy atom. The number of hydrogen-bond donors (Lipinski definition) is 1. The molecule has 1 saturated heterocycles. The molecule has 1 fully saturated rings. The van der Waals surface area contributed by atoms with Gasteiger partial charge >= 0.3 is 0 Å². The topological polar surface area (TPSA) is 55.8 Å². The van der Waals surface area contributed by atoms with Gasteiger partial charge in [-0.1, -0.05) is 35.9 Å². The first-order valence-electron chi connectivity index (χ1n) is 8.85. The third-order valence-electron chi connectivity index (χ3n) is 4.51. The van der Waals surface area contributed by atoms with Gasteiger partial charge in [-0.05, 0) is 55.2 Å². The van der Waals surface area contributed by atoms with E-state index in [-0.39, 0.29) is 11.9 Å². The number of rotatable bonds is 5. The van der Waals surface area contributed by atoms with Crippen LogP contribution in [0.25, 0.3) is 0 Å². The first-order chi connectivity index (χ1) is 12.5. The fraction of sp³-hybridized carbons (Fsp3) is 0.381. The van der Waals surface area contributed by atoms with Crippen molar-refractivity contribution in [3.05, 3.63) is 64.2 Å². The molecule has 0 aliphatic carbocycles. The van der Waals surface area contributed by atoms with Crippen molar-refractivity contribution >= 4 is 17.4 Å². The van der Waals surface area contributed by atoms with Crippen LogP contribution in [0, 0.1) is 0 Å². The lowest BCUT2D eigenvalue weighted by Gasteiger charge is -2.30. The third-order valence-corrected chi connectivity index (χ3v) is 4.88. The number of benzene rings is 2. The molecule has 5 heteroatoms. The predicted molar refractivity (Wildman–Crippen MR) is 101 cm³/mol. The summed E-state index contributed by atoms with van der Waals surface area (Å²) in [5.41, 5.74) is 2.74. The van der Waals surface area contributed by atoms with Gasteiger partial charge in [-0.15, -0.1) is 0 Å². The van der Waals surface area contributed by atoms with Gasteiger partial charge in [0.2, 0.25) is 0 Å². The van der Waals surface area contributed by atoms with Crippen LogP contribution in [0.4, 0.5) is 0 Å². The molecule has 1 heterocycles. The summed E-state index contributed by atoms with van der Waals surface area (Å²) in [6.07, 6.45) is -0.919. The van der Waals surface area contributed by atoms with Crippen molar-refractivity contribution in [1.82, 2.24) is 0 Å². The van der Waals surface area contributed by atoms with Crippen LogP contribution >= 0.6 is 11.6 Å². The first kappa shape index (κ1) is 18.9. The Morgan fingerprint density at radius 2 is 1.96 bits per heavy atom. The second kappa shape index (κ2) is 8.21. The van der Waals surface area contributed by atoms with Crippen molar-refractivity contribution < 1.29 is 19.4 Å². The lowest BCUT2D eigenvalue weighted by atomic mass is 9.93. The average molecular weight is 375 g/mol. The third kappa shape index (κ3) is 4.26. The molecule has 138 valence electrons. The van der Waals surface area contributed by atoms with E-state index in [0.717, 1.165) is 22.4 Å². The molecule has 3 rings (SSSR count). The van der Waals surface area contributed by atoms with Gasteiger partial charge in [-0.3, -0.25) is 4.79 Å². The Balaban J connectivity index is 1.82. The van der Waals surface area contributed by atoms with Crippen molar-refractivity contribution in [3.8, 4) is 5.75 Å². The Kier molecular flexibility index (Phi) is 5.97. The van der Waals surface area contributed by atoms with Gasteiger partial charge in [0.1, 0.15) is 18.0 Å². The minimum atomic E-state index is -0.978. The van der Waals surface area contributed by atoms with Crippen LogP contribution in [-0.4, -0.2) is 29.7 Å². The highest BCUT2D eigenvalue weighted by atomic mass is 35.5. The van der Waals surface area contributed by atoms with E-state index in [9.17, 15) is 9.90 Å². The number of aliphatic hydroxyl groups is 1. The maximum Gasteiger partial charge on any atom is 0.194 e. The fourth-order valence-corrected chi connectivity index (χ4v) is 3.37. The van der Waals surface area contributed by atoms with E-state index in [1.807, 2.05) is 44.2 Å². The van der Waals surface area contributed by atoms with Crippen molar-refractivity contribution in [2.75, 3.05) is 6.61 Å². The SMILES string of the molecule is CCOc1ccc(Cc2cc([C@@H]3O[C@H](C)C[C@H](O)C3=O)ccc2Cl)cc1. The molecule has 26 heavy (non-hydrogen) atoms. The number of Topliss-reactive ketones (excluding diaryl/α,β-unsaturated/α-hetero) is 1. The molecule has 2 aromatic carbocycles. The Labute approximate surface area is 158 Å². The zero-order chi connectivity index (χ0) is 18.7. The molecule has 0 radical (unpaired) electrons. The average Bonchev–Trinajstić information content (AvgIpc) is 2.62. The zero-order valence-corrected chi connectivity index (χ0v) is 15.7. The molecule has 0 unspecified atom stereocenters. The highest BCUT2D eigenvalue weighted by Crippen LogP contribution is 2.31. The summed E-state index contributed by atoms with van der Waals surface area (Å²) in [5.74, 6) is 0.540. The molecule has 2 aromatic rings. The molecule has 1 aliphatic heterocycles. The van der Waals surface area contributed by atoms with E-state index >= 15 is 0 Å². The maximum absolute atomic E-state index is 12.3. The maximum atomic E-state index is 12.3. The van der Waals surface area contributed by atoms with Crippen LogP contribution in [0.1, 0.15) is 43.1 Å². The smallest absolute Gasteiger partial charge is 0.194 e. The Hall–Kier alpha value is -1.88. The van der Waals surface area contributed by atoms with Crippen LogP contribution < -0.4 is 4.74 Å². The van der Waals surface area contributed by atoms with Crippen LogP contribution in [0.2, 0.25) is 5.02 Å². The van der Waals surface area contributed by atoms with Crippen molar-refractivity contribution in [2.45, 2.75) is 45.0 Å². The minimum absolute atomic E-state index is 0.169. The first-order valence-corrected chi connectivity index (χ1v) is 9.23. The van der Waals surface area contributed by atoms with Crippen LogP contribution in [0.3, 0.4) is 0 Å². The van der Waals surface area contributed by atoms with Gasteiger partial charge in [-0.25, -0.2) is 0 Å². The fourth-order valence-electron chi connectivity index (χ4n) is 3.19. The van der Waals surface area contributed by atoms with Crippen molar-refractivity contribution in [3.63, 3.8) is 0 Å². The molecule has 0 aromatic heterocycles. The van der Waals surface area contributed by atoms with E-state index in [1.165, 1.54) is 0 Å². The second-order valence-electron chi connectivity index (χ2n) is 6.59. The standard InChI is InChI=1S/C21H23ClO4/c1-3-25-17-7-4-14(5-8-17)11-16-12-15(6-9-18(16)22)21-20(24)19(23)10-13(2)26-21/h4-9,12-13,19,21,23H,3,10-11H2,1-2H3/t13-,19+,21+/m1/s1. The lowest BCUT2D eigenvalue weighted by Crippen LogP contribution is -2.38. The summed E-state index contributed by atoms with van der Waals surface area (Å²) in [6, 6.07) is 13.3. The van der Waals surface area contributed by atoms with Gasteiger partial charge in [-0.2, -0.15) is 0 Å². The van der Waals surface area contributed by atoms with E-state index in [2.05, 4.69) is 0 Å². The molecular weight excluding hydrogens is 352 g/mol. The van der Waals surface area contributed by atoms with Gasteiger partial charge in [0.25, 0.3) is 0 Å². The van der Waals surface area contributed by atoms with Crippen molar-refractivity contribution in [1.29, 1.82) is 0 Å². The quantitative estimate of drug-likeness (QED) is 0.855. The van der Waals surface area contributed by atoms with E-state index in [0.29, 0.717) is 24.5 Å². The van der Waals surface area contributed by atoms with Gasteiger partial charge < -0.3 is 14.6 Å². The molecule has 0 spiro atoms. The number of carbonyl (C=O) groups is 1. The highest BCUT2D eigenvalue weighted by Gasteiger charge is 2.35. The van der Waals surface area contributed by atoms with Crippen molar-refractivity contribution in [2.24, 2.45) is 0 Å². The van der Waals surface area contributed by atoms with Gasteiger partial charge in [0.05, 0.1) is 12.7 Å². The van der Waals surface area contributed by atoms with Crippen LogP contribution in [0.15, 0.2) is 42.5 Å². The number of hydrogen-bond acceptors (Lipinski definition) is 4. The summed E-state index contributed by atoms with van der Waals surface area (Å²) in [4.78, 5) is 12.3. The number of ether oxygens (including phenoxy) is 2. The number of halogens is 1. The lowest BCUT2D eigenvalue weighted by molar-refractivity contribution is -0.156.